The quantitative estimate of drug-likeness (QED) is 0.843. The van der Waals surface area contributed by atoms with Crippen LogP contribution in [-0.2, 0) is 4.74 Å². The van der Waals surface area contributed by atoms with Crippen LogP contribution in [0.4, 0.5) is 0 Å². The fraction of sp³-hybridized carbons (Fsp3) is 0.267. The second-order valence-corrected chi connectivity index (χ2v) is 4.39. The number of aliphatic hydroxyl groups is 1. The molecule has 2 rings (SSSR count). The number of hydrogen-bond acceptors (Lipinski definition) is 4. The molecule has 106 valence electrons. The third-order valence-corrected chi connectivity index (χ3v) is 2.89. The maximum Gasteiger partial charge on any atom is 0.339 e. The standard InChI is InChI=1S/C15H16O5/c1-19-8-11(16)9-20-14-12-5-3-2-4-10(12)6-7-13(14)15(17)18/h2-7,11,16H,8-9H2,1H3,(H,17,18). The minimum atomic E-state index is -1.06. The van der Waals surface area contributed by atoms with Crippen LogP contribution in [0.1, 0.15) is 10.4 Å². The number of carboxylic acids is 1. The number of benzene rings is 2. The van der Waals surface area contributed by atoms with Crippen molar-refractivity contribution in [2.75, 3.05) is 20.3 Å². The van der Waals surface area contributed by atoms with Gasteiger partial charge in [-0.2, -0.15) is 0 Å². The van der Waals surface area contributed by atoms with Crippen LogP contribution < -0.4 is 4.74 Å². The van der Waals surface area contributed by atoms with Crippen LogP contribution in [-0.4, -0.2) is 42.6 Å². The second kappa shape index (κ2) is 6.36. The fourth-order valence-corrected chi connectivity index (χ4v) is 1.99. The van der Waals surface area contributed by atoms with E-state index in [0.29, 0.717) is 5.39 Å². The van der Waals surface area contributed by atoms with E-state index >= 15 is 0 Å². The first-order valence-corrected chi connectivity index (χ1v) is 6.18. The van der Waals surface area contributed by atoms with Gasteiger partial charge >= 0.3 is 5.97 Å². The summed E-state index contributed by atoms with van der Waals surface area (Å²) in [6.45, 7) is 0.106. The van der Waals surface area contributed by atoms with Gasteiger partial charge in [-0.05, 0) is 11.5 Å². The molecule has 0 aromatic heterocycles. The highest BCUT2D eigenvalue weighted by Crippen LogP contribution is 2.30. The van der Waals surface area contributed by atoms with Gasteiger partial charge < -0.3 is 19.7 Å². The number of carbonyl (C=O) groups is 1. The van der Waals surface area contributed by atoms with Gasteiger partial charge in [0.05, 0.1) is 6.61 Å². The number of methoxy groups -OCH3 is 1. The lowest BCUT2D eigenvalue weighted by molar-refractivity contribution is 0.0323. The summed E-state index contributed by atoms with van der Waals surface area (Å²) in [6, 6.07) is 10.6. The molecule has 2 aromatic carbocycles. The van der Waals surface area contributed by atoms with Gasteiger partial charge in [0.25, 0.3) is 0 Å². The maximum atomic E-state index is 11.3. The molecule has 2 N–H and O–H groups in total. The van der Waals surface area contributed by atoms with E-state index in [4.69, 9.17) is 9.47 Å². The first kappa shape index (κ1) is 14.3. The van der Waals surface area contributed by atoms with Gasteiger partial charge in [-0.25, -0.2) is 4.79 Å². The molecule has 5 heteroatoms. The molecular formula is C15H16O5. The van der Waals surface area contributed by atoms with Gasteiger partial charge in [-0.15, -0.1) is 0 Å². The van der Waals surface area contributed by atoms with Gasteiger partial charge in [-0.1, -0.05) is 30.3 Å². The highest BCUT2D eigenvalue weighted by molar-refractivity contribution is 6.00. The summed E-state index contributed by atoms with van der Waals surface area (Å²) in [5.74, 6) is -0.794. The Morgan fingerprint density at radius 2 is 1.95 bits per heavy atom. The molecule has 0 aliphatic heterocycles. The van der Waals surface area contributed by atoms with E-state index in [-0.39, 0.29) is 24.5 Å². The zero-order valence-corrected chi connectivity index (χ0v) is 11.1. The molecule has 1 atom stereocenters. The number of fused-ring (bicyclic) bond motifs is 1. The predicted molar refractivity (Wildman–Crippen MR) is 74.3 cm³/mol. The fourth-order valence-electron chi connectivity index (χ4n) is 1.99. The lowest BCUT2D eigenvalue weighted by atomic mass is 10.1. The summed E-state index contributed by atoms with van der Waals surface area (Å²) in [5.41, 5.74) is 0.0771. The van der Waals surface area contributed by atoms with Crippen molar-refractivity contribution in [3.8, 4) is 5.75 Å². The Bertz CT molecular complexity index is 608. The molecule has 0 aliphatic rings. The summed E-state index contributed by atoms with van der Waals surface area (Å²) < 4.78 is 10.3. The van der Waals surface area contributed by atoms with Crippen LogP contribution in [0, 0.1) is 0 Å². The smallest absolute Gasteiger partial charge is 0.339 e. The molecule has 1 unspecified atom stereocenters. The summed E-state index contributed by atoms with van der Waals surface area (Å²) in [7, 11) is 1.48. The largest absolute Gasteiger partial charge is 0.489 e. The highest BCUT2D eigenvalue weighted by atomic mass is 16.5. The van der Waals surface area contributed by atoms with E-state index in [0.717, 1.165) is 5.39 Å². The normalized spacial score (nSPS) is 12.3. The van der Waals surface area contributed by atoms with Gasteiger partial charge in [0.1, 0.15) is 24.0 Å². The molecular weight excluding hydrogens is 260 g/mol. The third-order valence-electron chi connectivity index (χ3n) is 2.89. The Morgan fingerprint density at radius 3 is 2.65 bits per heavy atom. The average molecular weight is 276 g/mol. The van der Waals surface area contributed by atoms with Gasteiger partial charge in [-0.3, -0.25) is 0 Å². The van der Waals surface area contributed by atoms with E-state index in [1.165, 1.54) is 13.2 Å². The Balaban J connectivity index is 2.37. The Labute approximate surface area is 116 Å². The minimum absolute atomic E-state index is 0.0257. The minimum Gasteiger partial charge on any atom is -0.489 e. The van der Waals surface area contributed by atoms with Crippen molar-refractivity contribution in [3.63, 3.8) is 0 Å². The summed E-state index contributed by atoms with van der Waals surface area (Å²) in [5, 5.41) is 20.4. The number of aromatic carboxylic acids is 1. The number of ether oxygens (including phenoxy) is 2. The highest BCUT2D eigenvalue weighted by Gasteiger charge is 2.16. The summed E-state index contributed by atoms with van der Waals surface area (Å²) in [4.78, 5) is 11.3. The topological polar surface area (TPSA) is 76.0 Å². The molecule has 0 saturated carbocycles. The Hall–Kier alpha value is -2.11. The van der Waals surface area contributed by atoms with Crippen LogP contribution in [0.2, 0.25) is 0 Å². The van der Waals surface area contributed by atoms with E-state index in [1.54, 1.807) is 12.1 Å². The van der Waals surface area contributed by atoms with Gasteiger partial charge in [0.2, 0.25) is 0 Å². The zero-order valence-electron chi connectivity index (χ0n) is 11.1. The number of carboxylic acid groups (broad SMARTS) is 1. The molecule has 0 fully saturated rings. The monoisotopic (exact) mass is 276 g/mol. The first-order valence-electron chi connectivity index (χ1n) is 6.18. The molecule has 0 amide bonds. The molecule has 0 heterocycles. The van der Waals surface area contributed by atoms with E-state index in [9.17, 15) is 15.0 Å². The first-order chi connectivity index (χ1) is 9.63. The van der Waals surface area contributed by atoms with Crippen molar-refractivity contribution in [3.05, 3.63) is 42.0 Å². The van der Waals surface area contributed by atoms with Crippen LogP contribution in [0.3, 0.4) is 0 Å². The second-order valence-electron chi connectivity index (χ2n) is 4.39. The van der Waals surface area contributed by atoms with Crippen LogP contribution in [0.25, 0.3) is 10.8 Å². The van der Waals surface area contributed by atoms with Gasteiger partial charge in [0.15, 0.2) is 0 Å². The molecule has 0 spiro atoms. The van der Waals surface area contributed by atoms with E-state index in [1.807, 2.05) is 18.2 Å². The SMILES string of the molecule is COCC(O)COc1c(C(=O)O)ccc2ccccc12. The van der Waals surface area contributed by atoms with Crippen molar-refractivity contribution < 1.29 is 24.5 Å². The van der Waals surface area contributed by atoms with Crippen molar-refractivity contribution in [2.45, 2.75) is 6.10 Å². The maximum absolute atomic E-state index is 11.3. The van der Waals surface area contributed by atoms with E-state index in [2.05, 4.69) is 0 Å². The third kappa shape index (κ3) is 3.07. The van der Waals surface area contributed by atoms with Crippen LogP contribution in [0.15, 0.2) is 36.4 Å². The molecule has 0 saturated heterocycles. The molecule has 0 aliphatic carbocycles. The molecule has 20 heavy (non-hydrogen) atoms. The Kier molecular flexibility index (Phi) is 4.55. The molecule has 5 nitrogen and oxygen atoms in total. The lowest BCUT2D eigenvalue weighted by Crippen LogP contribution is -2.23. The summed E-state index contributed by atoms with van der Waals surface area (Å²) >= 11 is 0. The number of hydrogen-bond donors (Lipinski definition) is 2. The molecule has 0 bridgehead atoms. The molecule has 2 aromatic rings. The van der Waals surface area contributed by atoms with Crippen molar-refractivity contribution in [1.82, 2.24) is 0 Å². The summed E-state index contributed by atoms with van der Waals surface area (Å²) in [6.07, 6.45) is -0.805. The Morgan fingerprint density at radius 1 is 1.20 bits per heavy atom. The van der Waals surface area contributed by atoms with Gasteiger partial charge in [0, 0.05) is 12.5 Å². The predicted octanol–water partition coefficient (Wildman–Crippen LogP) is 1.92. The zero-order chi connectivity index (χ0) is 14.5. The van der Waals surface area contributed by atoms with Crippen LogP contribution >= 0.6 is 0 Å². The van der Waals surface area contributed by atoms with Crippen molar-refractivity contribution >= 4 is 16.7 Å². The van der Waals surface area contributed by atoms with Crippen LogP contribution in [0.5, 0.6) is 5.75 Å². The number of rotatable bonds is 6. The lowest BCUT2D eigenvalue weighted by Gasteiger charge is -2.15. The van der Waals surface area contributed by atoms with Crippen molar-refractivity contribution in [1.29, 1.82) is 0 Å². The van der Waals surface area contributed by atoms with Crippen molar-refractivity contribution in [2.24, 2.45) is 0 Å². The van der Waals surface area contributed by atoms with E-state index < -0.39 is 12.1 Å². The molecule has 0 radical (unpaired) electrons. The number of aliphatic hydroxyl groups excluding tert-OH is 1. The average Bonchev–Trinajstić information content (AvgIpc) is 2.44.